The van der Waals surface area contributed by atoms with Crippen molar-refractivity contribution >= 4 is 11.9 Å². The Balaban J connectivity index is 2.13. The number of amides is 1. The number of rotatable bonds is 6. The fourth-order valence-electron chi connectivity index (χ4n) is 2.96. The van der Waals surface area contributed by atoms with E-state index in [2.05, 4.69) is 15.7 Å². The summed E-state index contributed by atoms with van der Waals surface area (Å²) in [5.74, 6) is -0.987. The monoisotopic (exact) mass is 324 g/mol. The predicted octanol–water partition coefficient (Wildman–Crippen LogP) is -0.583. The number of carbonyl (C=O) groups excluding carboxylic acids is 2. The number of hydrogen-bond acceptors (Lipinski definition) is 6. The first-order chi connectivity index (χ1) is 10.9. The van der Waals surface area contributed by atoms with Gasteiger partial charge in [-0.25, -0.2) is 4.79 Å². The lowest BCUT2D eigenvalue weighted by Crippen LogP contribution is -2.57. The van der Waals surface area contributed by atoms with Gasteiger partial charge in [-0.15, -0.1) is 0 Å². The van der Waals surface area contributed by atoms with Crippen molar-refractivity contribution in [3.63, 3.8) is 0 Å². The molecular weight excluding hydrogens is 300 g/mol. The van der Waals surface area contributed by atoms with Crippen LogP contribution >= 0.6 is 0 Å². The zero-order valence-corrected chi connectivity index (χ0v) is 14.0. The van der Waals surface area contributed by atoms with Gasteiger partial charge < -0.3 is 20.1 Å². The van der Waals surface area contributed by atoms with Gasteiger partial charge in [0.25, 0.3) is 0 Å². The molecule has 0 saturated carbocycles. The number of aryl methyl sites for hydroxylation is 1. The van der Waals surface area contributed by atoms with E-state index in [1.807, 2.05) is 13.2 Å². The number of ether oxygens (including phenoxy) is 2. The van der Waals surface area contributed by atoms with Crippen LogP contribution in [0.2, 0.25) is 0 Å². The van der Waals surface area contributed by atoms with Crippen molar-refractivity contribution in [1.82, 2.24) is 20.4 Å². The van der Waals surface area contributed by atoms with Crippen LogP contribution in [0.1, 0.15) is 18.4 Å². The summed E-state index contributed by atoms with van der Waals surface area (Å²) in [7, 11) is 4.61. The highest BCUT2D eigenvalue weighted by atomic mass is 16.5. The maximum atomic E-state index is 12.7. The highest BCUT2D eigenvalue weighted by Gasteiger charge is 2.41. The third kappa shape index (κ3) is 3.70. The smallest absolute Gasteiger partial charge is 0.333 e. The first-order valence-electron chi connectivity index (χ1n) is 7.50. The lowest BCUT2D eigenvalue weighted by Gasteiger charge is -2.29. The van der Waals surface area contributed by atoms with Gasteiger partial charge in [-0.2, -0.15) is 5.10 Å². The molecule has 1 unspecified atom stereocenters. The summed E-state index contributed by atoms with van der Waals surface area (Å²) < 4.78 is 11.6. The Kier molecular flexibility index (Phi) is 5.38. The predicted molar refractivity (Wildman–Crippen MR) is 82.7 cm³/mol. The van der Waals surface area contributed by atoms with Crippen LogP contribution in [-0.2, 0) is 26.1 Å². The molecular formula is C15H24N4O4. The Morgan fingerprint density at radius 2 is 2.22 bits per heavy atom. The van der Waals surface area contributed by atoms with Crippen LogP contribution in [-0.4, -0.2) is 61.1 Å². The number of nitrogens with zero attached hydrogens (tertiary/aromatic N) is 2. The minimum absolute atomic E-state index is 0.0214. The maximum Gasteiger partial charge on any atom is 0.333 e. The van der Waals surface area contributed by atoms with E-state index in [1.54, 1.807) is 17.8 Å². The minimum Gasteiger partial charge on any atom is -0.467 e. The summed E-state index contributed by atoms with van der Waals surface area (Å²) in [6, 6.07) is 0. The van der Waals surface area contributed by atoms with Gasteiger partial charge in [0.15, 0.2) is 5.54 Å². The molecule has 0 aromatic carbocycles. The molecule has 2 N–H and O–H groups in total. The molecule has 23 heavy (non-hydrogen) atoms. The van der Waals surface area contributed by atoms with E-state index in [0.29, 0.717) is 13.1 Å². The zero-order chi connectivity index (χ0) is 17.0. The summed E-state index contributed by atoms with van der Waals surface area (Å²) >= 11 is 0. The van der Waals surface area contributed by atoms with Crippen LogP contribution in [0, 0.1) is 5.92 Å². The second-order valence-corrected chi connectivity index (χ2v) is 6.06. The van der Waals surface area contributed by atoms with Gasteiger partial charge in [0, 0.05) is 39.4 Å². The molecule has 1 aromatic heterocycles. The fraction of sp³-hybridized carbons (Fsp3) is 0.667. The van der Waals surface area contributed by atoms with E-state index in [1.165, 1.54) is 14.2 Å². The molecule has 0 bridgehead atoms. The van der Waals surface area contributed by atoms with Gasteiger partial charge in [0.2, 0.25) is 5.91 Å². The number of methoxy groups -OCH3 is 2. The minimum atomic E-state index is -1.21. The molecule has 1 fully saturated rings. The molecule has 1 aromatic rings. The first-order valence-corrected chi connectivity index (χ1v) is 7.50. The van der Waals surface area contributed by atoms with E-state index in [4.69, 9.17) is 9.47 Å². The molecule has 1 aliphatic heterocycles. The van der Waals surface area contributed by atoms with E-state index in [9.17, 15) is 9.59 Å². The van der Waals surface area contributed by atoms with Gasteiger partial charge in [0.05, 0.1) is 25.8 Å². The van der Waals surface area contributed by atoms with Gasteiger partial charge in [-0.3, -0.25) is 9.48 Å². The van der Waals surface area contributed by atoms with Crippen LogP contribution in [0.5, 0.6) is 0 Å². The molecule has 0 radical (unpaired) electrons. The summed E-state index contributed by atoms with van der Waals surface area (Å²) in [6.07, 6.45) is 3.68. The second-order valence-electron chi connectivity index (χ2n) is 6.06. The van der Waals surface area contributed by atoms with Crippen LogP contribution in [0.25, 0.3) is 0 Å². The highest BCUT2D eigenvalue weighted by molar-refractivity contribution is 5.89. The Hall–Kier alpha value is -1.93. The molecule has 2 rings (SSSR count). The SMILES string of the molecule is COCC(C)(NC(=O)[C@H]1CNC[C@@H]1c1cnn(C)c1)C(=O)OC. The Morgan fingerprint density at radius 1 is 1.48 bits per heavy atom. The van der Waals surface area contributed by atoms with Crippen molar-refractivity contribution in [2.75, 3.05) is 33.9 Å². The summed E-state index contributed by atoms with van der Waals surface area (Å²) in [5.41, 5.74) is -0.202. The largest absolute Gasteiger partial charge is 0.467 e. The molecule has 8 nitrogen and oxygen atoms in total. The number of aromatic nitrogens is 2. The summed E-state index contributed by atoms with van der Waals surface area (Å²) in [6.45, 7) is 2.89. The Morgan fingerprint density at radius 3 is 2.78 bits per heavy atom. The topological polar surface area (TPSA) is 94.5 Å². The number of esters is 1. The van der Waals surface area contributed by atoms with Crippen LogP contribution in [0.3, 0.4) is 0 Å². The van der Waals surface area contributed by atoms with Gasteiger partial charge in [-0.1, -0.05) is 0 Å². The fourth-order valence-corrected chi connectivity index (χ4v) is 2.96. The van der Waals surface area contributed by atoms with Gasteiger partial charge >= 0.3 is 5.97 Å². The average Bonchev–Trinajstić information content (AvgIpc) is 3.14. The third-order valence-corrected chi connectivity index (χ3v) is 4.17. The first kappa shape index (κ1) is 17.4. The summed E-state index contributed by atoms with van der Waals surface area (Å²) in [4.78, 5) is 24.7. The molecule has 0 aliphatic carbocycles. The van der Waals surface area contributed by atoms with Gasteiger partial charge in [-0.05, 0) is 12.5 Å². The molecule has 128 valence electrons. The lowest BCUT2D eigenvalue weighted by molar-refractivity contribution is -0.153. The van der Waals surface area contributed by atoms with E-state index in [0.717, 1.165) is 5.56 Å². The van der Waals surface area contributed by atoms with Crippen LogP contribution in [0.4, 0.5) is 0 Å². The molecule has 0 spiro atoms. The van der Waals surface area contributed by atoms with Crippen molar-refractivity contribution in [3.8, 4) is 0 Å². The lowest BCUT2D eigenvalue weighted by atomic mass is 9.89. The molecule has 2 heterocycles. The normalized spacial score (nSPS) is 23.3. The second kappa shape index (κ2) is 7.10. The standard InChI is InChI=1S/C15H24N4O4/c1-15(9-22-3,14(21)23-4)18-13(20)12-7-16-6-11(12)10-5-17-19(2)8-10/h5,8,11-12,16H,6-7,9H2,1-4H3,(H,18,20)/t11-,12+,15?/m1/s1. The number of carbonyl (C=O) groups is 2. The van der Waals surface area contributed by atoms with Crippen molar-refractivity contribution in [2.24, 2.45) is 13.0 Å². The molecule has 3 atom stereocenters. The van der Waals surface area contributed by atoms with Crippen molar-refractivity contribution in [1.29, 1.82) is 0 Å². The molecule has 1 saturated heterocycles. The quantitative estimate of drug-likeness (QED) is 0.680. The number of nitrogens with one attached hydrogen (secondary N) is 2. The van der Waals surface area contributed by atoms with E-state index < -0.39 is 11.5 Å². The van der Waals surface area contributed by atoms with E-state index in [-0.39, 0.29) is 24.3 Å². The highest BCUT2D eigenvalue weighted by Crippen LogP contribution is 2.28. The van der Waals surface area contributed by atoms with Crippen LogP contribution in [0.15, 0.2) is 12.4 Å². The van der Waals surface area contributed by atoms with Gasteiger partial charge in [0.1, 0.15) is 0 Å². The van der Waals surface area contributed by atoms with Crippen molar-refractivity contribution in [2.45, 2.75) is 18.4 Å². The molecule has 8 heteroatoms. The zero-order valence-electron chi connectivity index (χ0n) is 14.0. The van der Waals surface area contributed by atoms with E-state index >= 15 is 0 Å². The third-order valence-electron chi connectivity index (χ3n) is 4.17. The van der Waals surface area contributed by atoms with Crippen molar-refractivity contribution < 1.29 is 19.1 Å². The molecule has 1 amide bonds. The Labute approximate surface area is 135 Å². The van der Waals surface area contributed by atoms with Crippen LogP contribution < -0.4 is 10.6 Å². The number of hydrogen-bond donors (Lipinski definition) is 2. The Bertz CT molecular complexity index is 574. The molecule has 1 aliphatic rings. The summed E-state index contributed by atoms with van der Waals surface area (Å²) in [5, 5.41) is 10.2. The average molecular weight is 324 g/mol. The maximum absolute atomic E-state index is 12.7. The van der Waals surface area contributed by atoms with Crippen molar-refractivity contribution in [3.05, 3.63) is 18.0 Å².